The van der Waals surface area contributed by atoms with Crippen molar-refractivity contribution >= 4 is 5.91 Å². The average Bonchev–Trinajstić information content (AvgIpc) is 3.27. The molecule has 1 aliphatic carbocycles. The summed E-state index contributed by atoms with van der Waals surface area (Å²) in [4.78, 5) is 15.8. The Morgan fingerprint density at radius 3 is 2.50 bits per heavy atom. The van der Waals surface area contributed by atoms with Gasteiger partial charge < -0.3 is 5.32 Å². The third kappa shape index (κ3) is 4.30. The van der Waals surface area contributed by atoms with Crippen LogP contribution < -0.4 is 5.32 Å². The smallest absolute Gasteiger partial charge is 0.251 e. The topological polar surface area (TPSA) is 50.2 Å². The highest BCUT2D eigenvalue weighted by Gasteiger charge is 2.38. The van der Waals surface area contributed by atoms with Crippen LogP contribution in [0.5, 0.6) is 0 Å². The summed E-state index contributed by atoms with van der Waals surface area (Å²) in [6, 6.07) is 9.81. The molecule has 28 heavy (non-hydrogen) atoms. The minimum atomic E-state index is 0.0460. The Hall–Kier alpha value is -2.14. The van der Waals surface area contributed by atoms with Crippen molar-refractivity contribution < 1.29 is 4.79 Å². The van der Waals surface area contributed by atoms with Gasteiger partial charge in [0.1, 0.15) is 0 Å². The van der Waals surface area contributed by atoms with Crippen LogP contribution in [0, 0.1) is 0 Å². The SMILES string of the molecule is O=C(NCC1(N2CCCCC2)CCCCC1)c1ccccc1Cn1cccn1. The van der Waals surface area contributed by atoms with Crippen LogP contribution in [0.25, 0.3) is 0 Å². The van der Waals surface area contributed by atoms with E-state index in [-0.39, 0.29) is 11.4 Å². The highest BCUT2D eigenvalue weighted by molar-refractivity contribution is 5.95. The number of carbonyl (C=O) groups is 1. The molecule has 0 unspecified atom stereocenters. The van der Waals surface area contributed by atoms with E-state index < -0.39 is 0 Å². The maximum Gasteiger partial charge on any atom is 0.251 e. The zero-order valence-corrected chi connectivity index (χ0v) is 16.8. The Labute approximate surface area is 168 Å². The Kier molecular flexibility index (Phi) is 6.10. The highest BCUT2D eigenvalue weighted by atomic mass is 16.1. The van der Waals surface area contributed by atoms with Gasteiger partial charge in [-0.1, -0.05) is 43.9 Å². The van der Waals surface area contributed by atoms with Gasteiger partial charge in [-0.05, 0) is 56.5 Å². The van der Waals surface area contributed by atoms with E-state index in [0.29, 0.717) is 6.54 Å². The zero-order chi connectivity index (χ0) is 19.2. The molecular weight excluding hydrogens is 348 g/mol. The first-order valence-corrected chi connectivity index (χ1v) is 10.9. The Bertz CT molecular complexity index is 759. The summed E-state index contributed by atoms with van der Waals surface area (Å²) in [6.07, 6.45) is 14.0. The summed E-state index contributed by atoms with van der Waals surface area (Å²) in [5.74, 6) is 0.0460. The van der Waals surface area contributed by atoms with Gasteiger partial charge in [0, 0.05) is 30.0 Å². The summed E-state index contributed by atoms with van der Waals surface area (Å²) in [5, 5.41) is 7.60. The van der Waals surface area contributed by atoms with Crippen molar-refractivity contribution in [1.29, 1.82) is 0 Å². The van der Waals surface area contributed by atoms with Crippen LogP contribution in [-0.4, -0.2) is 45.8 Å². The Morgan fingerprint density at radius 2 is 1.75 bits per heavy atom. The molecule has 5 heteroatoms. The molecule has 1 saturated heterocycles. The van der Waals surface area contributed by atoms with E-state index in [2.05, 4.69) is 15.3 Å². The van der Waals surface area contributed by atoms with E-state index in [4.69, 9.17) is 0 Å². The second kappa shape index (κ2) is 8.91. The number of benzene rings is 1. The molecule has 1 aromatic carbocycles. The molecule has 2 aliphatic rings. The molecule has 4 rings (SSSR count). The fourth-order valence-electron chi connectivity index (χ4n) is 4.97. The lowest BCUT2D eigenvalue weighted by Gasteiger charge is -2.48. The van der Waals surface area contributed by atoms with Gasteiger partial charge in [0.25, 0.3) is 5.91 Å². The van der Waals surface area contributed by atoms with E-state index in [0.717, 1.165) is 17.7 Å². The van der Waals surface area contributed by atoms with Gasteiger partial charge in [-0.2, -0.15) is 5.10 Å². The molecule has 0 bridgehead atoms. The van der Waals surface area contributed by atoms with Gasteiger partial charge in [0.05, 0.1) is 6.54 Å². The first kappa shape index (κ1) is 19.2. The molecule has 0 radical (unpaired) electrons. The fourth-order valence-corrected chi connectivity index (χ4v) is 4.97. The maximum atomic E-state index is 13.1. The molecule has 5 nitrogen and oxygen atoms in total. The number of likely N-dealkylation sites (tertiary alicyclic amines) is 1. The summed E-state index contributed by atoms with van der Waals surface area (Å²) in [6.45, 7) is 3.76. The van der Waals surface area contributed by atoms with E-state index >= 15 is 0 Å². The van der Waals surface area contributed by atoms with Crippen molar-refractivity contribution in [2.45, 2.75) is 63.5 Å². The van der Waals surface area contributed by atoms with Crippen molar-refractivity contribution in [1.82, 2.24) is 20.0 Å². The van der Waals surface area contributed by atoms with Gasteiger partial charge >= 0.3 is 0 Å². The van der Waals surface area contributed by atoms with E-state index in [1.165, 1.54) is 64.5 Å². The number of nitrogens with zero attached hydrogens (tertiary/aromatic N) is 3. The number of piperidine rings is 1. The van der Waals surface area contributed by atoms with Crippen LogP contribution in [0.3, 0.4) is 0 Å². The minimum absolute atomic E-state index is 0.0460. The van der Waals surface area contributed by atoms with Crippen LogP contribution in [0.2, 0.25) is 0 Å². The van der Waals surface area contributed by atoms with E-state index in [1.807, 2.05) is 41.2 Å². The molecule has 1 N–H and O–H groups in total. The van der Waals surface area contributed by atoms with Crippen molar-refractivity contribution in [3.05, 3.63) is 53.9 Å². The van der Waals surface area contributed by atoms with Gasteiger partial charge in [-0.15, -0.1) is 0 Å². The first-order valence-electron chi connectivity index (χ1n) is 10.9. The molecule has 2 fully saturated rings. The predicted octanol–water partition coefficient (Wildman–Crippen LogP) is 3.85. The number of aromatic nitrogens is 2. The van der Waals surface area contributed by atoms with Crippen molar-refractivity contribution in [2.75, 3.05) is 19.6 Å². The molecule has 1 aliphatic heterocycles. The zero-order valence-electron chi connectivity index (χ0n) is 16.8. The van der Waals surface area contributed by atoms with Crippen LogP contribution in [0.4, 0.5) is 0 Å². The number of nitrogens with one attached hydrogen (secondary N) is 1. The van der Waals surface area contributed by atoms with Gasteiger partial charge in [-0.25, -0.2) is 0 Å². The van der Waals surface area contributed by atoms with Gasteiger partial charge in [-0.3, -0.25) is 14.4 Å². The standard InChI is InChI=1S/C23H32N4O/c28-22(21-11-4-3-10-20(21)18-27-17-9-14-25-27)24-19-23(12-5-1-6-13-23)26-15-7-2-8-16-26/h3-4,9-11,14,17H,1-2,5-8,12-13,15-16,18-19H2,(H,24,28). The summed E-state index contributed by atoms with van der Waals surface area (Å²) >= 11 is 0. The van der Waals surface area contributed by atoms with Crippen LogP contribution in [0.15, 0.2) is 42.7 Å². The third-order valence-corrected chi connectivity index (χ3v) is 6.54. The lowest BCUT2D eigenvalue weighted by atomic mass is 9.79. The van der Waals surface area contributed by atoms with E-state index in [1.54, 1.807) is 6.20 Å². The van der Waals surface area contributed by atoms with Crippen LogP contribution >= 0.6 is 0 Å². The second-order valence-electron chi connectivity index (χ2n) is 8.38. The summed E-state index contributed by atoms with van der Waals surface area (Å²) in [5.41, 5.74) is 1.94. The number of rotatable bonds is 6. The molecule has 150 valence electrons. The number of amides is 1. The second-order valence-corrected chi connectivity index (χ2v) is 8.38. The molecular formula is C23H32N4O. The van der Waals surface area contributed by atoms with Gasteiger partial charge in [0.2, 0.25) is 0 Å². The predicted molar refractivity (Wildman–Crippen MR) is 111 cm³/mol. The maximum absolute atomic E-state index is 13.1. The number of carbonyl (C=O) groups excluding carboxylic acids is 1. The third-order valence-electron chi connectivity index (χ3n) is 6.54. The minimum Gasteiger partial charge on any atom is -0.350 e. The quantitative estimate of drug-likeness (QED) is 0.828. The molecule has 0 atom stereocenters. The highest BCUT2D eigenvalue weighted by Crippen LogP contribution is 2.35. The van der Waals surface area contributed by atoms with Crippen LogP contribution in [-0.2, 0) is 6.54 Å². The Balaban J connectivity index is 1.46. The lowest BCUT2D eigenvalue weighted by Crippen LogP contribution is -2.58. The molecule has 1 aromatic heterocycles. The fraction of sp³-hybridized carbons (Fsp3) is 0.565. The Morgan fingerprint density at radius 1 is 1.00 bits per heavy atom. The number of hydrogen-bond acceptors (Lipinski definition) is 3. The van der Waals surface area contributed by atoms with Crippen LogP contribution in [0.1, 0.15) is 67.3 Å². The van der Waals surface area contributed by atoms with Crippen molar-refractivity contribution in [3.63, 3.8) is 0 Å². The summed E-state index contributed by atoms with van der Waals surface area (Å²) < 4.78 is 1.86. The molecule has 1 amide bonds. The summed E-state index contributed by atoms with van der Waals surface area (Å²) in [7, 11) is 0. The largest absolute Gasteiger partial charge is 0.350 e. The molecule has 1 saturated carbocycles. The lowest BCUT2D eigenvalue weighted by molar-refractivity contribution is 0.0326. The van der Waals surface area contributed by atoms with Gasteiger partial charge in [0.15, 0.2) is 0 Å². The molecule has 2 aromatic rings. The van der Waals surface area contributed by atoms with E-state index in [9.17, 15) is 4.79 Å². The average molecular weight is 381 g/mol. The monoisotopic (exact) mass is 380 g/mol. The first-order chi connectivity index (χ1) is 13.8. The normalized spacial score (nSPS) is 20.0. The van der Waals surface area contributed by atoms with Crippen molar-refractivity contribution in [3.8, 4) is 0 Å². The molecule has 0 spiro atoms. The van der Waals surface area contributed by atoms with Crippen molar-refractivity contribution in [2.24, 2.45) is 0 Å². The number of hydrogen-bond donors (Lipinski definition) is 1. The molecule has 2 heterocycles.